The number of aliphatic hydroxyl groups excluding tert-OH is 1. The fourth-order valence-corrected chi connectivity index (χ4v) is 1.09. The molecule has 0 fully saturated rings. The summed E-state index contributed by atoms with van der Waals surface area (Å²) in [4.78, 5) is 23.5. The van der Waals surface area contributed by atoms with Crippen LogP contribution in [-0.4, -0.2) is 41.4 Å². The average molecular weight is 247 g/mol. The van der Waals surface area contributed by atoms with Crippen molar-refractivity contribution in [1.82, 2.24) is 0 Å². The Bertz CT molecular complexity index is 284. The van der Waals surface area contributed by atoms with Crippen molar-refractivity contribution < 1.29 is 24.2 Å². The van der Waals surface area contributed by atoms with Gasteiger partial charge in [-0.25, -0.2) is 9.59 Å². The Morgan fingerprint density at radius 1 is 1.24 bits per heavy atom. The highest BCUT2D eigenvalue weighted by molar-refractivity contribution is 6.04. The topological polar surface area (TPSA) is 98.9 Å². The number of hydrogen-bond acceptors (Lipinski definition) is 6. The predicted octanol–water partition coefficient (Wildman–Crippen LogP) is -0.0289. The van der Waals surface area contributed by atoms with Gasteiger partial charge in [0.2, 0.25) is 5.54 Å². The molecule has 0 rings (SSSR count). The van der Waals surface area contributed by atoms with Gasteiger partial charge < -0.3 is 20.3 Å². The van der Waals surface area contributed by atoms with Gasteiger partial charge in [-0.1, -0.05) is 0 Å². The highest BCUT2D eigenvalue weighted by Gasteiger charge is 2.46. The van der Waals surface area contributed by atoms with Crippen LogP contribution in [0.25, 0.3) is 0 Å². The van der Waals surface area contributed by atoms with Crippen molar-refractivity contribution >= 4 is 11.9 Å². The molecule has 0 radical (unpaired) electrons. The minimum Gasteiger partial charge on any atom is -0.464 e. The van der Waals surface area contributed by atoms with Gasteiger partial charge in [0, 0.05) is 13.0 Å². The summed E-state index contributed by atoms with van der Waals surface area (Å²) >= 11 is 0. The van der Waals surface area contributed by atoms with Gasteiger partial charge in [-0.05, 0) is 27.7 Å². The first-order chi connectivity index (χ1) is 7.67. The lowest BCUT2D eigenvalue weighted by Crippen LogP contribution is -2.58. The van der Waals surface area contributed by atoms with Crippen LogP contribution in [0.1, 0.15) is 34.1 Å². The molecular weight excluding hydrogens is 226 g/mol. The molecule has 100 valence electrons. The number of hydrogen-bond donors (Lipinski definition) is 2. The molecule has 1 atom stereocenters. The second-order valence-corrected chi connectivity index (χ2v) is 4.67. The third-order valence-corrected chi connectivity index (χ3v) is 1.91. The van der Waals surface area contributed by atoms with Crippen molar-refractivity contribution in [3.05, 3.63) is 0 Å². The molecule has 0 aliphatic rings. The lowest BCUT2D eigenvalue weighted by Gasteiger charge is -2.28. The Kier molecular flexibility index (Phi) is 5.57. The van der Waals surface area contributed by atoms with E-state index in [0.717, 1.165) is 0 Å². The molecule has 0 heterocycles. The normalized spacial score (nSPS) is 14.9. The molecule has 0 saturated heterocycles. The number of ether oxygens (including phenoxy) is 2. The fraction of sp³-hybridized carbons (Fsp3) is 0.818. The standard InChI is InChI=1S/C11H21NO5/c1-5-16-8(14)11(12,6-7-13)9(15)17-10(2,3)4/h13H,5-7,12H2,1-4H3. The maximum Gasteiger partial charge on any atom is 0.338 e. The Hall–Kier alpha value is -1.14. The van der Waals surface area contributed by atoms with E-state index in [9.17, 15) is 9.59 Å². The van der Waals surface area contributed by atoms with Crippen LogP contribution in [0, 0.1) is 0 Å². The third-order valence-electron chi connectivity index (χ3n) is 1.91. The first kappa shape index (κ1) is 15.9. The Labute approximate surface area is 101 Å². The lowest BCUT2D eigenvalue weighted by atomic mass is 9.97. The second kappa shape index (κ2) is 5.97. The zero-order valence-electron chi connectivity index (χ0n) is 10.8. The van der Waals surface area contributed by atoms with Crippen molar-refractivity contribution in [1.29, 1.82) is 0 Å². The molecular formula is C11H21NO5. The zero-order chi connectivity index (χ0) is 13.7. The molecule has 0 amide bonds. The van der Waals surface area contributed by atoms with Crippen molar-refractivity contribution in [2.45, 2.75) is 45.3 Å². The maximum atomic E-state index is 11.8. The minimum absolute atomic E-state index is 0.103. The van der Waals surface area contributed by atoms with Gasteiger partial charge in [0.1, 0.15) is 5.60 Å². The highest BCUT2D eigenvalue weighted by atomic mass is 16.6. The summed E-state index contributed by atoms with van der Waals surface area (Å²) in [6, 6.07) is 0. The van der Waals surface area contributed by atoms with Crippen LogP contribution in [0.15, 0.2) is 0 Å². The molecule has 17 heavy (non-hydrogen) atoms. The number of nitrogens with two attached hydrogens (primary N) is 1. The second-order valence-electron chi connectivity index (χ2n) is 4.67. The molecule has 0 aromatic carbocycles. The summed E-state index contributed by atoms with van der Waals surface area (Å²) < 4.78 is 9.77. The first-order valence-electron chi connectivity index (χ1n) is 5.47. The lowest BCUT2D eigenvalue weighted by molar-refractivity contribution is -0.172. The Morgan fingerprint density at radius 2 is 1.76 bits per heavy atom. The molecule has 3 N–H and O–H groups in total. The molecule has 6 nitrogen and oxygen atoms in total. The van der Waals surface area contributed by atoms with Gasteiger partial charge in [0.25, 0.3) is 0 Å². The van der Waals surface area contributed by atoms with E-state index < -0.39 is 29.7 Å². The van der Waals surface area contributed by atoms with Crippen LogP contribution in [0.3, 0.4) is 0 Å². The number of aliphatic hydroxyl groups is 1. The molecule has 6 heteroatoms. The summed E-state index contributed by atoms with van der Waals surface area (Å²) in [7, 11) is 0. The van der Waals surface area contributed by atoms with Crippen LogP contribution in [0.2, 0.25) is 0 Å². The molecule has 0 spiro atoms. The van der Waals surface area contributed by atoms with Crippen LogP contribution in [0.4, 0.5) is 0 Å². The van der Waals surface area contributed by atoms with Crippen molar-refractivity contribution in [2.24, 2.45) is 5.73 Å². The maximum absolute atomic E-state index is 11.8. The number of carbonyl (C=O) groups excluding carboxylic acids is 2. The van der Waals surface area contributed by atoms with E-state index >= 15 is 0 Å². The van der Waals surface area contributed by atoms with Crippen LogP contribution < -0.4 is 5.73 Å². The van der Waals surface area contributed by atoms with Crippen molar-refractivity contribution in [3.63, 3.8) is 0 Å². The summed E-state index contributed by atoms with van der Waals surface area (Å²) in [5.41, 5.74) is 2.97. The monoisotopic (exact) mass is 247 g/mol. The van der Waals surface area contributed by atoms with E-state index in [1.54, 1.807) is 27.7 Å². The largest absolute Gasteiger partial charge is 0.464 e. The fourth-order valence-electron chi connectivity index (χ4n) is 1.09. The van der Waals surface area contributed by atoms with Crippen LogP contribution >= 0.6 is 0 Å². The van der Waals surface area contributed by atoms with Crippen molar-refractivity contribution in [2.75, 3.05) is 13.2 Å². The summed E-state index contributed by atoms with van der Waals surface area (Å²) in [5.74, 6) is -1.78. The van der Waals surface area contributed by atoms with Crippen LogP contribution in [-0.2, 0) is 19.1 Å². The summed E-state index contributed by atoms with van der Waals surface area (Å²) in [6.07, 6.45) is -0.235. The van der Waals surface area contributed by atoms with Gasteiger partial charge >= 0.3 is 11.9 Å². The summed E-state index contributed by atoms with van der Waals surface area (Å²) in [5, 5.41) is 8.87. The number of rotatable bonds is 5. The van der Waals surface area contributed by atoms with Crippen LogP contribution in [0.5, 0.6) is 0 Å². The SMILES string of the molecule is CCOC(=O)C(N)(CCO)C(=O)OC(C)(C)C. The molecule has 0 aromatic heterocycles. The predicted molar refractivity (Wildman–Crippen MR) is 61.1 cm³/mol. The van der Waals surface area contributed by atoms with E-state index in [-0.39, 0.29) is 13.0 Å². The molecule has 1 unspecified atom stereocenters. The molecule has 0 bridgehead atoms. The summed E-state index contributed by atoms with van der Waals surface area (Å²) in [6.45, 7) is 6.28. The smallest absolute Gasteiger partial charge is 0.338 e. The molecule has 0 saturated carbocycles. The first-order valence-corrected chi connectivity index (χ1v) is 5.47. The van der Waals surface area contributed by atoms with Gasteiger partial charge in [0.05, 0.1) is 6.61 Å². The molecule has 0 aliphatic carbocycles. The molecule has 0 aliphatic heterocycles. The Morgan fingerprint density at radius 3 is 2.12 bits per heavy atom. The van der Waals surface area contributed by atoms with Gasteiger partial charge in [-0.2, -0.15) is 0 Å². The number of esters is 2. The molecule has 0 aromatic rings. The van der Waals surface area contributed by atoms with Gasteiger partial charge in [-0.15, -0.1) is 0 Å². The van der Waals surface area contributed by atoms with Gasteiger partial charge in [-0.3, -0.25) is 0 Å². The van der Waals surface area contributed by atoms with E-state index in [1.165, 1.54) is 0 Å². The van der Waals surface area contributed by atoms with E-state index in [4.69, 9.17) is 20.3 Å². The van der Waals surface area contributed by atoms with Crippen molar-refractivity contribution in [3.8, 4) is 0 Å². The highest BCUT2D eigenvalue weighted by Crippen LogP contribution is 2.17. The average Bonchev–Trinajstić information content (AvgIpc) is 2.15. The number of carbonyl (C=O) groups is 2. The van der Waals surface area contributed by atoms with E-state index in [2.05, 4.69) is 0 Å². The minimum atomic E-state index is -1.95. The quantitative estimate of drug-likeness (QED) is 0.523. The zero-order valence-corrected chi connectivity index (χ0v) is 10.8. The van der Waals surface area contributed by atoms with Gasteiger partial charge in [0.15, 0.2) is 0 Å². The van der Waals surface area contributed by atoms with E-state index in [0.29, 0.717) is 0 Å². The Balaban J connectivity index is 4.93. The van der Waals surface area contributed by atoms with E-state index in [1.807, 2.05) is 0 Å². The third kappa shape index (κ3) is 4.70.